The van der Waals surface area contributed by atoms with E-state index >= 15 is 0 Å². The van der Waals surface area contributed by atoms with Crippen molar-refractivity contribution in [3.63, 3.8) is 0 Å². The zero-order valence-electron chi connectivity index (χ0n) is 12.7. The van der Waals surface area contributed by atoms with Crippen molar-refractivity contribution >= 4 is 0 Å². The van der Waals surface area contributed by atoms with Crippen LogP contribution in [0.5, 0.6) is 5.75 Å². The summed E-state index contributed by atoms with van der Waals surface area (Å²) in [6.07, 6.45) is 5.49. The Bertz CT molecular complexity index is 416. The first-order chi connectivity index (χ1) is 9.10. The van der Waals surface area contributed by atoms with E-state index in [4.69, 9.17) is 4.74 Å². The molecule has 0 bridgehead atoms. The lowest BCUT2D eigenvalue weighted by Crippen LogP contribution is -2.24. The summed E-state index contributed by atoms with van der Waals surface area (Å²) in [5, 5.41) is 3.27. The number of ether oxygens (including phenoxy) is 1. The molecule has 0 radical (unpaired) electrons. The van der Waals surface area contributed by atoms with Crippen LogP contribution in [0.4, 0.5) is 0 Å². The first-order valence-corrected chi connectivity index (χ1v) is 7.54. The standard InChI is InChI=1S/C17H27NO/c1-12-6-5-7-16(10-12)19-17-9-8-15(11-13(17)2)14(3)18-4/h8-9,11-12,14,16,18H,5-7,10H2,1-4H3. The summed E-state index contributed by atoms with van der Waals surface area (Å²) in [5.41, 5.74) is 2.57. The monoisotopic (exact) mass is 261 g/mol. The SMILES string of the molecule is CNC(C)c1ccc(OC2CCCC(C)C2)c(C)c1. The molecule has 0 aliphatic heterocycles. The van der Waals surface area contributed by atoms with Crippen LogP contribution < -0.4 is 10.1 Å². The molecule has 1 N–H and O–H groups in total. The Labute approximate surface area is 117 Å². The molecule has 3 atom stereocenters. The van der Waals surface area contributed by atoms with Gasteiger partial charge in [0.05, 0.1) is 6.10 Å². The molecular weight excluding hydrogens is 234 g/mol. The highest BCUT2D eigenvalue weighted by Crippen LogP contribution is 2.29. The number of aryl methyl sites for hydroxylation is 1. The van der Waals surface area contributed by atoms with E-state index in [1.54, 1.807) is 0 Å². The van der Waals surface area contributed by atoms with Crippen molar-refractivity contribution in [1.29, 1.82) is 0 Å². The largest absolute Gasteiger partial charge is 0.490 e. The van der Waals surface area contributed by atoms with E-state index in [9.17, 15) is 0 Å². The molecule has 1 aromatic rings. The summed E-state index contributed by atoms with van der Waals surface area (Å²) in [7, 11) is 1.99. The quantitative estimate of drug-likeness (QED) is 0.875. The number of benzene rings is 1. The summed E-state index contributed by atoms with van der Waals surface area (Å²) < 4.78 is 6.20. The molecule has 1 aromatic carbocycles. The molecule has 0 aromatic heterocycles. The second kappa shape index (κ2) is 6.42. The molecule has 106 valence electrons. The molecule has 1 aliphatic carbocycles. The van der Waals surface area contributed by atoms with E-state index in [0.717, 1.165) is 11.7 Å². The van der Waals surface area contributed by atoms with Gasteiger partial charge in [0.25, 0.3) is 0 Å². The normalized spacial score (nSPS) is 25.1. The van der Waals surface area contributed by atoms with Gasteiger partial charge in [0.2, 0.25) is 0 Å². The zero-order valence-corrected chi connectivity index (χ0v) is 12.7. The van der Waals surface area contributed by atoms with Gasteiger partial charge in [0.15, 0.2) is 0 Å². The van der Waals surface area contributed by atoms with Crippen LogP contribution >= 0.6 is 0 Å². The summed E-state index contributed by atoms with van der Waals surface area (Å²) in [6.45, 7) is 6.66. The van der Waals surface area contributed by atoms with Crippen LogP contribution in [0.15, 0.2) is 18.2 Å². The van der Waals surface area contributed by atoms with Crippen molar-refractivity contribution in [2.75, 3.05) is 7.05 Å². The first kappa shape index (κ1) is 14.4. The minimum absolute atomic E-state index is 0.391. The van der Waals surface area contributed by atoms with Gasteiger partial charge in [0.1, 0.15) is 5.75 Å². The van der Waals surface area contributed by atoms with E-state index in [1.807, 2.05) is 7.05 Å². The topological polar surface area (TPSA) is 21.3 Å². The maximum absolute atomic E-state index is 6.20. The Hall–Kier alpha value is -1.02. The van der Waals surface area contributed by atoms with Gasteiger partial charge in [-0.25, -0.2) is 0 Å². The Morgan fingerprint density at radius 3 is 2.74 bits per heavy atom. The Balaban J connectivity index is 2.04. The molecule has 1 aliphatic rings. The van der Waals surface area contributed by atoms with E-state index in [-0.39, 0.29) is 0 Å². The molecule has 2 nitrogen and oxygen atoms in total. The summed E-state index contributed by atoms with van der Waals surface area (Å²) in [5.74, 6) is 1.87. The summed E-state index contributed by atoms with van der Waals surface area (Å²) in [4.78, 5) is 0. The van der Waals surface area contributed by atoms with Gasteiger partial charge < -0.3 is 10.1 Å². The van der Waals surface area contributed by atoms with Gasteiger partial charge >= 0.3 is 0 Å². The highest BCUT2D eigenvalue weighted by Gasteiger charge is 2.20. The zero-order chi connectivity index (χ0) is 13.8. The van der Waals surface area contributed by atoms with Gasteiger partial charge in [0, 0.05) is 6.04 Å². The van der Waals surface area contributed by atoms with Crippen LogP contribution in [-0.2, 0) is 0 Å². The predicted molar refractivity (Wildman–Crippen MR) is 80.7 cm³/mol. The maximum Gasteiger partial charge on any atom is 0.122 e. The summed E-state index contributed by atoms with van der Waals surface area (Å²) >= 11 is 0. The number of hydrogen-bond donors (Lipinski definition) is 1. The smallest absolute Gasteiger partial charge is 0.122 e. The Morgan fingerprint density at radius 2 is 2.11 bits per heavy atom. The molecule has 19 heavy (non-hydrogen) atoms. The number of nitrogens with one attached hydrogen (secondary N) is 1. The van der Waals surface area contributed by atoms with Gasteiger partial charge in [-0.2, -0.15) is 0 Å². The lowest BCUT2D eigenvalue weighted by molar-refractivity contribution is 0.128. The third kappa shape index (κ3) is 3.73. The fourth-order valence-corrected chi connectivity index (χ4v) is 2.91. The fourth-order valence-electron chi connectivity index (χ4n) is 2.91. The van der Waals surface area contributed by atoms with Crippen molar-refractivity contribution in [3.05, 3.63) is 29.3 Å². The highest BCUT2D eigenvalue weighted by atomic mass is 16.5. The Kier molecular flexibility index (Phi) is 4.87. The number of rotatable bonds is 4. The minimum Gasteiger partial charge on any atom is -0.490 e. The van der Waals surface area contributed by atoms with Crippen molar-refractivity contribution in [2.24, 2.45) is 5.92 Å². The second-order valence-corrected chi connectivity index (χ2v) is 6.05. The van der Waals surface area contributed by atoms with Crippen LogP contribution in [0.3, 0.4) is 0 Å². The second-order valence-electron chi connectivity index (χ2n) is 6.05. The van der Waals surface area contributed by atoms with Crippen molar-refractivity contribution in [3.8, 4) is 5.75 Å². The average Bonchev–Trinajstić information content (AvgIpc) is 2.40. The van der Waals surface area contributed by atoms with E-state index in [0.29, 0.717) is 12.1 Å². The molecule has 0 spiro atoms. The van der Waals surface area contributed by atoms with Gasteiger partial charge in [-0.15, -0.1) is 0 Å². The number of hydrogen-bond acceptors (Lipinski definition) is 2. The van der Waals surface area contributed by atoms with Crippen molar-refractivity contribution in [1.82, 2.24) is 5.32 Å². The molecular formula is C17H27NO. The van der Waals surface area contributed by atoms with Gasteiger partial charge in [-0.1, -0.05) is 25.5 Å². The molecule has 0 saturated heterocycles. The van der Waals surface area contributed by atoms with E-state index in [2.05, 4.69) is 44.3 Å². The molecule has 0 heterocycles. The maximum atomic E-state index is 6.20. The highest BCUT2D eigenvalue weighted by molar-refractivity contribution is 5.37. The lowest BCUT2D eigenvalue weighted by atomic mass is 9.88. The third-order valence-electron chi connectivity index (χ3n) is 4.31. The Morgan fingerprint density at radius 1 is 1.32 bits per heavy atom. The predicted octanol–water partition coefficient (Wildman–Crippen LogP) is 4.23. The minimum atomic E-state index is 0.391. The average molecular weight is 261 g/mol. The third-order valence-corrected chi connectivity index (χ3v) is 4.31. The van der Waals surface area contributed by atoms with Crippen LogP contribution in [0.1, 0.15) is 56.7 Å². The van der Waals surface area contributed by atoms with Crippen LogP contribution in [-0.4, -0.2) is 13.2 Å². The molecule has 2 rings (SSSR count). The van der Waals surface area contributed by atoms with Gasteiger partial charge in [-0.05, 0) is 63.3 Å². The molecule has 3 unspecified atom stereocenters. The molecule has 2 heteroatoms. The van der Waals surface area contributed by atoms with Crippen LogP contribution in [0.2, 0.25) is 0 Å². The lowest BCUT2D eigenvalue weighted by Gasteiger charge is -2.28. The van der Waals surface area contributed by atoms with E-state index < -0.39 is 0 Å². The first-order valence-electron chi connectivity index (χ1n) is 7.54. The molecule has 1 fully saturated rings. The van der Waals surface area contributed by atoms with E-state index in [1.165, 1.54) is 36.8 Å². The van der Waals surface area contributed by atoms with Gasteiger partial charge in [-0.3, -0.25) is 0 Å². The van der Waals surface area contributed by atoms with Crippen LogP contribution in [0, 0.1) is 12.8 Å². The van der Waals surface area contributed by atoms with Crippen LogP contribution in [0.25, 0.3) is 0 Å². The van der Waals surface area contributed by atoms with Crippen molar-refractivity contribution < 1.29 is 4.74 Å². The summed E-state index contributed by atoms with van der Waals surface area (Å²) in [6, 6.07) is 6.94. The van der Waals surface area contributed by atoms with Crippen molar-refractivity contribution in [2.45, 2.75) is 58.6 Å². The molecule has 1 saturated carbocycles. The molecule has 0 amide bonds. The fraction of sp³-hybridized carbons (Fsp3) is 0.647.